The van der Waals surface area contributed by atoms with Crippen LogP contribution in [0.25, 0.3) is 0 Å². The van der Waals surface area contributed by atoms with Crippen LogP contribution in [0.4, 0.5) is 14.9 Å². The number of Topliss-reactive ketones (excluding diaryl/α,β-unsaturated/α-hetero) is 1. The molecular weight excluding hydrogens is 425 g/mol. The first kappa shape index (κ1) is 21.9. The number of imide groups is 1. The zero-order chi connectivity index (χ0) is 22.4. The van der Waals surface area contributed by atoms with E-state index < -0.39 is 17.8 Å². The van der Waals surface area contributed by atoms with Crippen molar-refractivity contribution in [1.29, 1.82) is 0 Å². The van der Waals surface area contributed by atoms with Gasteiger partial charge in [-0.2, -0.15) is 0 Å². The van der Waals surface area contributed by atoms with Crippen molar-refractivity contribution in [2.45, 2.75) is 13.3 Å². The van der Waals surface area contributed by atoms with Gasteiger partial charge >= 0.3 is 6.03 Å². The number of carbonyl (C=O) groups is 3. The van der Waals surface area contributed by atoms with Crippen molar-refractivity contribution in [3.63, 3.8) is 0 Å². The fraction of sp³-hybridized carbons (Fsp3) is 0.0909. The lowest BCUT2D eigenvalue weighted by Crippen LogP contribution is -2.35. The number of anilines is 1. The van der Waals surface area contributed by atoms with E-state index in [0.29, 0.717) is 17.1 Å². The molecule has 3 amide bonds. The van der Waals surface area contributed by atoms with Crippen molar-refractivity contribution >= 4 is 35.0 Å². The Balaban J connectivity index is 1.58. The average Bonchev–Trinajstić information content (AvgIpc) is 2.72. The summed E-state index contributed by atoms with van der Waals surface area (Å²) < 4.78 is 18.6. The van der Waals surface area contributed by atoms with Gasteiger partial charge in [-0.05, 0) is 35.9 Å². The molecule has 0 saturated heterocycles. The number of ether oxygens (including phenoxy) is 1. The summed E-state index contributed by atoms with van der Waals surface area (Å²) in [5.41, 5.74) is 1.10. The SMILES string of the molecule is CC(=O)c1cc(Oc2ccc(NC(=O)NC(=O)Cc3ccc(F)cc3)c(Cl)c2)ccn1. The van der Waals surface area contributed by atoms with Crippen LogP contribution >= 0.6 is 11.6 Å². The number of nitrogens with zero attached hydrogens (tertiary/aromatic N) is 1. The van der Waals surface area contributed by atoms with Crippen LogP contribution in [0.15, 0.2) is 60.8 Å². The van der Waals surface area contributed by atoms with Gasteiger partial charge in [-0.3, -0.25) is 19.9 Å². The Bertz CT molecular complexity index is 1140. The summed E-state index contributed by atoms with van der Waals surface area (Å²) in [5, 5.41) is 4.84. The zero-order valence-corrected chi connectivity index (χ0v) is 17.1. The number of urea groups is 1. The van der Waals surface area contributed by atoms with Crippen LogP contribution in [-0.4, -0.2) is 22.7 Å². The summed E-state index contributed by atoms with van der Waals surface area (Å²) in [5.74, 6) is -0.375. The molecule has 0 atom stereocenters. The Kier molecular flexibility index (Phi) is 6.94. The van der Waals surface area contributed by atoms with Gasteiger partial charge in [-0.25, -0.2) is 9.18 Å². The van der Waals surface area contributed by atoms with Crippen molar-refractivity contribution in [1.82, 2.24) is 10.3 Å². The minimum Gasteiger partial charge on any atom is -0.457 e. The van der Waals surface area contributed by atoms with Crippen molar-refractivity contribution in [2.24, 2.45) is 0 Å². The second-order valence-electron chi connectivity index (χ2n) is 6.48. The summed E-state index contributed by atoms with van der Waals surface area (Å²) in [4.78, 5) is 39.4. The first-order valence-corrected chi connectivity index (χ1v) is 9.47. The van der Waals surface area contributed by atoms with E-state index in [9.17, 15) is 18.8 Å². The summed E-state index contributed by atoms with van der Waals surface area (Å²) >= 11 is 6.19. The molecule has 7 nitrogen and oxygen atoms in total. The van der Waals surface area contributed by atoms with Gasteiger partial charge in [0.05, 0.1) is 17.1 Å². The van der Waals surface area contributed by atoms with E-state index in [-0.39, 0.29) is 28.6 Å². The van der Waals surface area contributed by atoms with Gasteiger partial charge in [0, 0.05) is 25.3 Å². The second-order valence-corrected chi connectivity index (χ2v) is 6.89. The van der Waals surface area contributed by atoms with Crippen LogP contribution in [-0.2, 0) is 11.2 Å². The Morgan fingerprint density at radius 2 is 1.74 bits per heavy atom. The van der Waals surface area contributed by atoms with Crippen molar-refractivity contribution < 1.29 is 23.5 Å². The first-order chi connectivity index (χ1) is 14.8. The second kappa shape index (κ2) is 9.82. The number of benzene rings is 2. The molecule has 0 aliphatic heterocycles. The molecule has 0 spiro atoms. The highest BCUT2D eigenvalue weighted by molar-refractivity contribution is 6.33. The molecule has 3 aromatic rings. The fourth-order valence-corrected chi connectivity index (χ4v) is 2.79. The number of pyridine rings is 1. The monoisotopic (exact) mass is 441 g/mol. The predicted octanol–water partition coefficient (Wildman–Crippen LogP) is 4.76. The maximum atomic E-state index is 12.9. The summed E-state index contributed by atoms with van der Waals surface area (Å²) in [6.07, 6.45) is 1.37. The largest absolute Gasteiger partial charge is 0.457 e. The van der Waals surface area contributed by atoms with Crippen LogP contribution in [0.2, 0.25) is 5.02 Å². The smallest absolute Gasteiger partial charge is 0.325 e. The molecule has 0 fully saturated rings. The van der Waals surface area contributed by atoms with Crippen LogP contribution in [0.1, 0.15) is 23.0 Å². The molecule has 2 aromatic carbocycles. The van der Waals surface area contributed by atoms with Gasteiger partial charge in [0.15, 0.2) is 5.78 Å². The number of ketones is 1. The van der Waals surface area contributed by atoms with E-state index >= 15 is 0 Å². The number of halogens is 2. The molecule has 31 heavy (non-hydrogen) atoms. The number of nitrogens with one attached hydrogen (secondary N) is 2. The summed E-state index contributed by atoms with van der Waals surface area (Å²) in [7, 11) is 0. The number of carbonyl (C=O) groups excluding carboxylic acids is 3. The lowest BCUT2D eigenvalue weighted by molar-refractivity contribution is -0.119. The number of rotatable bonds is 6. The van der Waals surface area contributed by atoms with Crippen molar-refractivity contribution in [3.05, 3.63) is 82.9 Å². The van der Waals surface area contributed by atoms with Gasteiger partial charge in [0.1, 0.15) is 23.0 Å². The molecule has 0 aliphatic rings. The zero-order valence-electron chi connectivity index (χ0n) is 16.3. The normalized spacial score (nSPS) is 10.3. The minimum absolute atomic E-state index is 0.0810. The Morgan fingerprint density at radius 1 is 1.03 bits per heavy atom. The van der Waals surface area contributed by atoms with Crippen molar-refractivity contribution in [2.75, 3.05) is 5.32 Å². The molecule has 1 aromatic heterocycles. The third-order valence-corrected chi connectivity index (χ3v) is 4.36. The Morgan fingerprint density at radius 3 is 2.42 bits per heavy atom. The van der Waals surface area contributed by atoms with E-state index in [1.165, 1.54) is 55.6 Å². The molecule has 1 heterocycles. The first-order valence-electron chi connectivity index (χ1n) is 9.10. The average molecular weight is 442 g/mol. The molecule has 2 N–H and O–H groups in total. The van der Waals surface area contributed by atoms with Crippen LogP contribution in [0.3, 0.4) is 0 Å². The highest BCUT2D eigenvalue weighted by atomic mass is 35.5. The highest BCUT2D eigenvalue weighted by Gasteiger charge is 2.12. The standard InChI is InChI=1S/C22H17ClFN3O4/c1-13(28)20-12-17(8-9-25-20)31-16-6-7-19(18(23)11-16)26-22(30)27-21(29)10-14-2-4-15(24)5-3-14/h2-9,11-12H,10H2,1H3,(H2,26,27,29,30). The molecule has 0 aliphatic carbocycles. The Labute approximate surface area is 182 Å². The van der Waals surface area contributed by atoms with Gasteiger partial charge < -0.3 is 10.1 Å². The molecule has 0 saturated carbocycles. The molecule has 0 bridgehead atoms. The Hall–Kier alpha value is -3.78. The molecule has 9 heteroatoms. The van der Waals surface area contributed by atoms with E-state index in [1.807, 2.05) is 0 Å². The van der Waals surface area contributed by atoms with Crippen LogP contribution in [0.5, 0.6) is 11.5 Å². The summed E-state index contributed by atoms with van der Waals surface area (Å²) in [6, 6.07) is 12.3. The maximum absolute atomic E-state index is 12.9. The molecule has 0 unspecified atom stereocenters. The third-order valence-electron chi connectivity index (χ3n) is 4.05. The van der Waals surface area contributed by atoms with Gasteiger partial charge in [0.25, 0.3) is 0 Å². The van der Waals surface area contributed by atoms with Gasteiger partial charge in [-0.1, -0.05) is 23.7 Å². The summed E-state index contributed by atoms with van der Waals surface area (Å²) in [6.45, 7) is 1.40. The molecule has 3 rings (SSSR count). The minimum atomic E-state index is -0.761. The van der Waals surface area contributed by atoms with Crippen LogP contribution in [0, 0.1) is 5.82 Å². The lowest BCUT2D eigenvalue weighted by Gasteiger charge is -2.11. The maximum Gasteiger partial charge on any atom is 0.325 e. The van der Waals surface area contributed by atoms with Gasteiger partial charge in [-0.15, -0.1) is 0 Å². The van der Waals surface area contributed by atoms with E-state index in [2.05, 4.69) is 15.6 Å². The molecular formula is C22H17ClFN3O4. The van der Waals surface area contributed by atoms with E-state index in [0.717, 1.165) is 0 Å². The highest BCUT2D eigenvalue weighted by Crippen LogP contribution is 2.30. The number of amides is 3. The number of aromatic nitrogens is 1. The van der Waals surface area contributed by atoms with Crippen LogP contribution < -0.4 is 15.4 Å². The van der Waals surface area contributed by atoms with Crippen molar-refractivity contribution in [3.8, 4) is 11.5 Å². The predicted molar refractivity (Wildman–Crippen MR) is 113 cm³/mol. The topological polar surface area (TPSA) is 97.4 Å². The van der Waals surface area contributed by atoms with E-state index in [1.54, 1.807) is 12.1 Å². The quantitative estimate of drug-likeness (QED) is 0.537. The molecule has 0 radical (unpaired) electrons. The molecule has 158 valence electrons. The number of hydrogen-bond acceptors (Lipinski definition) is 5. The van der Waals surface area contributed by atoms with Gasteiger partial charge in [0.2, 0.25) is 5.91 Å². The number of hydrogen-bond donors (Lipinski definition) is 2. The lowest BCUT2D eigenvalue weighted by atomic mass is 10.1. The van der Waals surface area contributed by atoms with E-state index in [4.69, 9.17) is 16.3 Å². The third kappa shape index (κ3) is 6.35. The fourth-order valence-electron chi connectivity index (χ4n) is 2.58.